The van der Waals surface area contributed by atoms with E-state index in [4.69, 9.17) is 18.6 Å². The predicted molar refractivity (Wildman–Crippen MR) is 136 cm³/mol. The molecule has 0 bridgehead atoms. The Kier molecular flexibility index (Phi) is 9.99. The van der Waals surface area contributed by atoms with Gasteiger partial charge in [-0.25, -0.2) is 4.79 Å². The summed E-state index contributed by atoms with van der Waals surface area (Å²) in [7, 11) is 0.967. The Balaban J connectivity index is 2.28. The van der Waals surface area contributed by atoms with Crippen LogP contribution >= 0.6 is 0 Å². The van der Waals surface area contributed by atoms with Gasteiger partial charge in [0.2, 0.25) is 0 Å². The van der Waals surface area contributed by atoms with Crippen molar-refractivity contribution >= 4 is 14.3 Å². The van der Waals surface area contributed by atoms with Crippen LogP contribution in [0.15, 0.2) is 48.5 Å². The fourth-order valence-electron chi connectivity index (χ4n) is 4.97. The molecule has 6 heteroatoms. The van der Waals surface area contributed by atoms with Gasteiger partial charge in [0.1, 0.15) is 6.10 Å². The first-order valence-electron chi connectivity index (χ1n) is 11.8. The maximum atomic E-state index is 11.9. The lowest BCUT2D eigenvalue weighted by atomic mass is 10.1. The van der Waals surface area contributed by atoms with Crippen molar-refractivity contribution in [2.75, 3.05) is 20.8 Å². The molecule has 0 aliphatic heterocycles. The van der Waals surface area contributed by atoms with E-state index in [1.807, 2.05) is 18.2 Å². The van der Waals surface area contributed by atoms with Crippen molar-refractivity contribution in [1.82, 2.24) is 0 Å². The van der Waals surface area contributed by atoms with Gasteiger partial charge in [0.05, 0.1) is 19.8 Å². The van der Waals surface area contributed by atoms with Gasteiger partial charge in [-0.05, 0) is 40.4 Å². The lowest BCUT2D eigenvalue weighted by Crippen LogP contribution is -2.48. The van der Waals surface area contributed by atoms with Crippen LogP contribution in [0.25, 0.3) is 0 Å². The van der Waals surface area contributed by atoms with Crippen LogP contribution < -0.4 is 9.47 Å². The monoisotopic (exact) mass is 472 g/mol. The smallest absolute Gasteiger partial charge is 0.337 e. The van der Waals surface area contributed by atoms with Crippen molar-refractivity contribution in [2.45, 2.75) is 70.7 Å². The molecule has 33 heavy (non-hydrogen) atoms. The molecule has 0 aliphatic carbocycles. The summed E-state index contributed by atoms with van der Waals surface area (Å²) in [5.74, 6) is 0.666. The van der Waals surface area contributed by atoms with Gasteiger partial charge < -0.3 is 18.6 Å². The quantitative estimate of drug-likeness (QED) is 0.242. The Hall–Kier alpha value is -2.31. The van der Waals surface area contributed by atoms with E-state index in [0.717, 1.165) is 5.56 Å². The first-order valence-corrected chi connectivity index (χ1v) is 13.9. The highest BCUT2D eigenvalue weighted by Crippen LogP contribution is 2.43. The Morgan fingerprint density at radius 1 is 0.848 bits per heavy atom. The zero-order valence-electron chi connectivity index (χ0n) is 21.4. The summed E-state index contributed by atoms with van der Waals surface area (Å²) in [6, 6.07) is 15.3. The maximum Gasteiger partial charge on any atom is 0.337 e. The van der Waals surface area contributed by atoms with E-state index in [1.165, 1.54) is 7.11 Å². The minimum absolute atomic E-state index is 0.206. The highest BCUT2D eigenvalue weighted by atomic mass is 28.4. The predicted octanol–water partition coefficient (Wildman–Crippen LogP) is 7.18. The summed E-state index contributed by atoms with van der Waals surface area (Å²) in [6.07, 6.45) is 0.509. The van der Waals surface area contributed by atoms with Crippen molar-refractivity contribution in [3.63, 3.8) is 0 Å². The van der Waals surface area contributed by atoms with Crippen LogP contribution in [0.2, 0.25) is 16.6 Å². The van der Waals surface area contributed by atoms with Crippen LogP contribution in [0.4, 0.5) is 0 Å². The normalized spacial score (nSPS) is 12.8. The highest BCUT2D eigenvalue weighted by Gasteiger charge is 2.45. The van der Waals surface area contributed by atoms with E-state index in [2.05, 4.69) is 53.7 Å². The van der Waals surface area contributed by atoms with E-state index in [1.54, 1.807) is 25.3 Å². The summed E-state index contributed by atoms with van der Waals surface area (Å²) in [5, 5.41) is 0. The van der Waals surface area contributed by atoms with Crippen molar-refractivity contribution in [2.24, 2.45) is 0 Å². The molecule has 0 fully saturated rings. The Morgan fingerprint density at radius 3 is 1.97 bits per heavy atom. The largest absolute Gasteiger partial charge is 0.493 e. The topological polar surface area (TPSA) is 54.0 Å². The number of ether oxygens (including phenoxy) is 3. The fraction of sp³-hybridized carbons (Fsp3) is 0.519. The molecule has 0 N–H and O–H groups in total. The SMILES string of the molecule is COC(=O)c1ccc(OC(CCO[Si](C(C)C)(C(C)C)C(C)C)c2ccccc2)c(OC)c1. The highest BCUT2D eigenvalue weighted by molar-refractivity contribution is 6.77. The maximum absolute atomic E-state index is 11.9. The van der Waals surface area contributed by atoms with Crippen LogP contribution in [-0.4, -0.2) is 35.1 Å². The van der Waals surface area contributed by atoms with Crippen LogP contribution in [0.3, 0.4) is 0 Å². The second-order valence-electron chi connectivity index (χ2n) is 9.33. The van der Waals surface area contributed by atoms with Crippen LogP contribution in [0, 0.1) is 0 Å². The van der Waals surface area contributed by atoms with E-state index >= 15 is 0 Å². The van der Waals surface area contributed by atoms with Gasteiger partial charge in [-0.15, -0.1) is 0 Å². The lowest BCUT2D eigenvalue weighted by Gasteiger charge is -2.42. The Bertz CT molecular complexity index is 858. The zero-order chi connectivity index (χ0) is 24.6. The molecule has 2 aromatic rings. The molecule has 1 unspecified atom stereocenters. The Morgan fingerprint density at radius 2 is 1.45 bits per heavy atom. The second kappa shape index (κ2) is 12.2. The molecule has 0 amide bonds. The van der Waals surface area contributed by atoms with E-state index in [0.29, 0.717) is 46.7 Å². The molecule has 0 saturated heterocycles. The van der Waals surface area contributed by atoms with Gasteiger partial charge >= 0.3 is 5.97 Å². The third kappa shape index (κ3) is 6.39. The zero-order valence-corrected chi connectivity index (χ0v) is 22.4. The molecule has 5 nitrogen and oxygen atoms in total. The fourth-order valence-corrected chi connectivity index (χ4v) is 10.4. The number of esters is 1. The minimum atomic E-state index is -1.96. The van der Waals surface area contributed by atoms with Crippen LogP contribution in [0.1, 0.15) is 70.0 Å². The summed E-state index contributed by atoms with van der Waals surface area (Å²) in [4.78, 5) is 11.9. The molecule has 2 aromatic carbocycles. The number of hydrogen-bond donors (Lipinski definition) is 0. The first-order chi connectivity index (χ1) is 15.7. The third-order valence-corrected chi connectivity index (χ3v) is 12.6. The molecule has 0 spiro atoms. The second-order valence-corrected chi connectivity index (χ2v) is 14.8. The van der Waals surface area contributed by atoms with Crippen molar-refractivity contribution < 1.29 is 23.4 Å². The molecule has 2 rings (SSSR count). The van der Waals surface area contributed by atoms with Gasteiger partial charge in [-0.1, -0.05) is 71.9 Å². The standard InChI is InChI=1S/C27H40O5Si/c1-19(2)33(20(3)4,21(5)6)31-17-16-24(22-12-10-9-11-13-22)32-25-15-14-23(27(28)30-8)18-26(25)29-7/h9-15,18-21,24H,16-17H2,1-8H3. The average molecular weight is 473 g/mol. The Labute approximate surface area is 200 Å². The molecule has 0 radical (unpaired) electrons. The molecular weight excluding hydrogens is 432 g/mol. The molecule has 1 atom stereocenters. The minimum Gasteiger partial charge on any atom is -0.493 e. The van der Waals surface area contributed by atoms with Crippen LogP contribution in [-0.2, 0) is 9.16 Å². The lowest BCUT2D eigenvalue weighted by molar-refractivity contribution is 0.0600. The first kappa shape index (κ1) is 26.9. The summed E-state index contributed by atoms with van der Waals surface area (Å²) < 4.78 is 23.6. The number of carbonyl (C=O) groups is 1. The van der Waals surface area contributed by atoms with Crippen molar-refractivity contribution in [1.29, 1.82) is 0 Å². The number of methoxy groups -OCH3 is 2. The van der Waals surface area contributed by atoms with Gasteiger partial charge in [0, 0.05) is 13.0 Å². The molecule has 0 aliphatic rings. The van der Waals surface area contributed by atoms with E-state index in [-0.39, 0.29) is 6.10 Å². The van der Waals surface area contributed by atoms with E-state index < -0.39 is 14.3 Å². The van der Waals surface area contributed by atoms with Crippen molar-refractivity contribution in [3.05, 3.63) is 59.7 Å². The van der Waals surface area contributed by atoms with Gasteiger partial charge in [-0.3, -0.25) is 0 Å². The number of rotatable bonds is 12. The van der Waals surface area contributed by atoms with E-state index in [9.17, 15) is 4.79 Å². The summed E-state index contributed by atoms with van der Waals surface area (Å²) in [6.45, 7) is 14.4. The van der Waals surface area contributed by atoms with Gasteiger partial charge in [0.25, 0.3) is 0 Å². The summed E-state index contributed by atoms with van der Waals surface area (Å²) in [5.41, 5.74) is 3.08. The number of benzene rings is 2. The molecule has 182 valence electrons. The van der Waals surface area contributed by atoms with Gasteiger partial charge in [0.15, 0.2) is 19.8 Å². The molecule has 0 aromatic heterocycles. The van der Waals surface area contributed by atoms with Crippen LogP contribution in [0.5, 0.6) is 11.5 Å². The molecule has 0 heterocycles. The van der Waals surface area contributed by atoms with Gasteiger partial charge in [-0.2, -0.15) is 0 Å². The molecular formula is C27H40O5Si. The third-order valence-electron chi connectivity index (χ3n) is 6.46. The summed E-state index contributed by atoms with van der Waals surface area (Å²) >= 11 is 0. The number of hydrogen-bond acceptors (Lipinski definition) is 5. The molecule has 0 saturated carbocycles. The average Bonchev–Trinajstić information content (AvgIpc) is 2.80. The number of carbonyl (C=O) groups excluding carboxylic acids is 1. The van der Waals surface area contributed by atoms with Crippen molar-refractivity contribution in [3.8, 4) is 11.5 Å².